The molecule has 131 heavy (non-hydrogen) atoms. The number of carbonyl (C=O) groups excluding carboxylic acids is 2. The first-order valence-corrected chi connectivity index (χ1v) is 46.5. The first-order valence-electron chi connectivity index (χ1n) is 44.2. The molecular formula is C101H120N14O14P2. The van der Waals surface area contributed by atoms with Gasteiger partial charge in [-0.2, -0.15) is 10.5 Å². The number of rotatable bonds is 39. The number of hydrogen-bond donors (Lipinski definition) is 3. The number of fused-ring (bicyclic) bond motifs is 2. The third-order valence-electron chi connectivity index (χ3n) is 22.5. The molecule has 0 spiro atoms. The second-order valence-corrected chi connectivity index (χ2v) is 36.2. The van der Waals surface area contributed by atoms with Gasteiger partial charge in [0.15, 0.2) is 25.4 Å². The van der Waals surface area contributed by atoms with E-state index in [0.29, 0.717) is 101 Å². The molecule has 7 atom stereocenters. The molecule has 3 N–H and O–H groups in total. The third-order valence-corrected chi connectivity index (χ3v) is 27.7. The van der Waals surface area contributed by atoms with E-state index >= 15 is 0 Å². The van der Waals surface area contributed by atoms with E-state index in [0.717, 1.165) is 44.9 Å². The van der Waals surface area contributed by atoms with Gasteiger partial charge >= 0.3 is 0 Å². The zero-order valence-corrected chi connectivity index (χ0v) is 79.1. The number of imidazole rings is 1. The van der Waals surface area contributed by atoms with Crippen molar-refractivity contribution in [2.45, 2.75) is 193 Å². The average molecular weight is 1820 g/mol. The van der Waals surface area contributed by atoms with Crippen LogP contribution in [0.4, 0.5) is 11.6 Å². The van der Waals surface area contributed by atoms with Crippen LogP contribution in [0.3, 0.4) is 0 Å². The number of benzene rings is 8. The Kier molecular flexibility index (Phi) is 35.4. The molecule has 2 amide bonds. The summed E-state index contributed by atoms with van der Waals surface area (Å²) in [7, 11) is 4.05. The molecule has 1 unspecified atom stereocenters. The number of ether oxygens (including phenoxy) is 8. The molecule has 12 aromatic rings. The zero-order valence-electron chi connectivity index (χ0n) is 77.3. The third kappa shape index (κ3) is 23.7. The summed E-state index contributed by atoms with van der Waals surface area (Å²) in [4.78, 5) is 48.5. The highest BCUT2D eigenvalue weighted by molar-refractivity contribution is 7.47. The first-order chi connectivity index (χ1) is 63.4. The lowest BCUT2D eigenvalue weighted by Gasteiger charge is -2.45. The summed E-state index contributed by atoms with van der Waals surface area (Å²) in [6.45, 7) is 27.0. The Hall–Kier alpha value is -11.5. The van der Waals surface area contributed by atoms with Crippen LogP contribution in [0.1, 0.15) is 175 Å². The lowest BCUT2D eigenvalue weighted by Crippen LogP contribution is -2.43. The number of aliphatic hydroxyl groups is 1. The van der Waals surface area contributed by atoms with Gasteiger partial charge in [-0.25, -0.2) is 38.9 Å². The number of carbonyl (C=O) groups is 2. The Morgan fingerprint density at radius 2 is 0.832 bits per heavy atom. The summed E-state index contributed by atoms with van der Waals surface area (Å²) in [5.74, 6) is 2.96. The Morgan fingerprint density at radius 3 is 1.25 bits per heavy atom. The van der Waals surface area contributed by atoms with E-state index < -0.39 is 65.0 Å². The van der Waals surface area contributed by atoms with Crippen molar-refractivity contribution < 1.29 is 66.2 Å². The number of amides is 2. The first kappa shape index (κ1) is 98.5. The quantitative estimate of drug-likeness (QED) is 0.0183. The predicted molar refractivity (Wildman–Crippen MR) is 509 cm³/mol. The van der Waals surface area contributed by atoms with Gasteiger partial charge in [-0.1, -0.05) is 146 Å². The maximum atomic E-state index is 13.2. The van der Waals surface area contributed by atoms with Gasteiger partial charge in [0.05, 0.1) is 104 Å². The van der Waals surface area contributed by atoms with Crippen LogP contribution in [0.25, 0.3) is 22.2 Å². The number of nitrogens with zero attached hydrogens (tertiary/aromatic N) is 12. The van der Waals surface area contributed by atoms with Crippen LogP contribution < -0.4 is 29.6 Å². The van der Waals surface area contributed by atoms with Crippen molar-refractivity contribution in [3.8, 4) is 35.1 Å². The van der Waals surface area contributed by atoms with E-state index in [1.165, 1.54) is 12.7 Å². The van der Waals surface area contributed by atoms with Crippen LogP contribution in [0.15, 0.2) is 250 Å². The van der Waals surface area contributed by atoms with E-state index in [-0.39, 0.29) is 56.0 Å². The lowest BCUT2D eigenvalue weighted by atomic mass is 9.80. The van der Waals surface area contributed by atoms with Crippen molar-refractivity contribution in [1.29, 1.82) is 10.5 Å². The zero-order chi connectivity index (χ0) is 93.3. The molecule has 4 aromatic heterocycles. The molecule has 2 saturated heterocycles. The minimum atomic E-state index is -1.66. The minimum Gasteiger partial charge on any atom is -0.497 e. The van der Waals surface area contributed by atoms with Crippen molar-refractivity contribution >= 4 is 62.6 Å². The SMILES string of the molecule is CC(C)N(C(C)C)P(OCCC#N)N(C(C)C)C(C)C.COc1ccc(C(OC[C@H]2O[C@@H](n3ccc4c(NC(=O)c5ccccc5)ncnc43)C[C@@H]2O)(c2ccccc2)c2ccc(OC)cc2)cc1.COc1ccc(C(OC[C@H]2O[C@@H](n3cnc4c(NC(=O)c5ccccc5)ncnc43)C[C@@H]2OP(OCCC#N)N(C(C)C)C(C)C)(c2ccccc2)c2ccc(OC)cc2)cc1. The molecule has 2 fully saturated rings. The van der Waals surface area contributed by atoms with Crippen LogP contribution in [0, 0.1) is 22.7 Å². The predicted octanol–water partition coefficient (Wildman–Crippen LogP) is 19.8. The van der Waals surface area contributed by atoms with Crippen LogP contribution in [0.5, 0.6) is 23.0 Å². The average Bonchev–Trinajstić information content (AvgIpc) is 1.46. The number of hydrogen-bond acceptors (Lipinski definition) is 24. The molecule has 28 nitrogen and oxygen atoms in total. The molecule has 2 aliphatic heterocycles. The molecule has 688 valence electrons. The molecule has 0 saturated carbocycles. The standard InChI is InChI=1S/C47H52N7O7P.C39H36N4O6.C15H32N3OP/c1-32(2)54(33(3)4)62(59-27-13-26-48)61-40-28-42(53-31-51-43-44(49-30-50-45(43)53)52-46(55)34-14-9-7-10-15-34)60-41(40)29-58-47(35-16-11-8-12-17-35,36-18-22-38(56-5)23-19-36)37-20-24-39(57-6)25-21-37;1-46-30-17-13-28(14-18-30)39(27-11-7-4-8-12-27,29-15-19-31(47-2)20-16-29)48-24-34-33(44)23-35(49-34)43-22-21-32-36(40-25-41-37(32)43)42-38(45)26-9-5-3-6-10-26;1-12(2)17(13(3)4)20(19-11-9-10-16)18(14(5)6)15(7)8/h7-12,14-25,30-33,40-42H,13,27-29H2,1-6H3,(H,49,50,52,55);3-22,25,33-35,44H,23-24H2,1-2H3,(H,40,41,42,45);12-15H,9,11H2,1-8H3/t40-,41+,42+,62?;33-,34+,35+;/m00./s1. The number of aromatic nitrogens is 7. The topological polar surface area (TPSA) is 312 Å². The van der Waals surface area contributed by atoms with Crippen LogP contribution in [0.2, 0.25) is 0 Å². The second-order valence-electron chi connectivity index (χ2n) is 33.1. The second kappa shape index (κ2) is 47.0. The summed E-state index contributed by atoms with van der Waals surface area (Å²) < 4.78 is 80.3. The molecule has 2 aliphatic rings. The number of anilines is 2. The van der Waals surface area contributed by atoms with Crippen molar-refractivity contribution in [3.05, 3.63) is 294 Å². The summed E-state index contributed by atoms with van der Waals surface area (Å²) in [6, 6.07) is 77.3. The van der Waals surface area contributed by atoms with E-state index in [2.05, 4.69) is 157 Å². The van der Waals surface area contributed by atoms with Crippen LogP contribution in [-0.4, -0.2) is 181 Å². The highest BCUT2D eigenvalue weighted by Gasteiger charge is 2.47. The van der Waals surface area contributed by atoms with Gasteiger partial charge in [0.2, 0.25) is 0 Å². The lowest BCUT2D eigenvalue weighted by molar-refractivity contribution is -0.0930. The molecule has 14 rings (SSSR count). The van der Waals surface area contributed by atoms with E-state index in [1.807, 2.05) is 191 Å². The molecule has 0 bridgehead atoms. The number of nitriles is 2. The van der Waals surface area contributed by atoms with Crippen LogP contribution >= 0.6 is 17.0 Å². The Bertz CT molecular complexity index is 5520. The summed E-state index contributed by atoms with van der Waals surface area (Å²) in [6.07, 6.45) is 3.85. The van der Waals surface area contributed by atoms with Crippen molar-refractivity contribution in [3.63, 3.8) is 0 Å². The van der Waals surface area contributed by atoms with Gasteiger partial charge in [-0.15, -0.1) is 0 Å². The Balaban J connectivity index is 0.000000200. The van der Waals surface area contributed by atoms with E-state index in [1.54, 1.807) is 71.2 Å². The maximum absolute atomic E-state index is 13.2. The van der Waals surface area contributed by atoms with E-state index in [4.69, 9.17) is 56.7 Å². The molecule has 0 aliphatic carbocycles. The monoisotopic (exact) mass is 1810 g/mol. The minimum absolute atomic E-state index is 0.0747. The largest absolute Gasteiger partial charge is 0.497 e. The summed E-state index contributed by atoms with van der Waals surface area (Å²) in [5, 5.41) is 36.0. The number of nitrogens with one attached hydrogen (secondary N) is 2. The van der Waals surface area contributed by atoms with Crippen LogP contribution in [-0.2, 0) is 43.7 Å². The van der Waals surface area contributed by atoms with E-state index in [9.17, 15) is 20.0 Å². The summed E-state index contributed by atoms with van der Waals surface area (Å²) >= 11 is 0. The number of methoxy groups -OCH3 is 4. The van der Waals surface area contributed by atoms with Gasteiger partial charge < -0.3 is 71.8 Å². The highest BCUT2D eigenvalue weighted by atomic mass is 31.2. The van der Waals surface area contributed by atoms with Crippen molar-refractivity contribution in [2.24, 2.45) is 0 Å². The number of aliphatic hydroxyl groups excluding tert-OH is 1. The molecular weight excluding hydrogens is 1700 g/mol. The Labute approximate surface area is 771 Å². The van der Waals surface area contributed by atoms with Gasteiger partial charge in [0, 0.05) is 66.4 Å². The van der Waals surface area contributed by atoms with Crippen molar-refractivity contribution in [1.82, 2.24) is 48.1 Å². The Morgan fingerprint density at radius 1 is 0.458 bits per heavy atom. The molecule has 30 heteroatoms. The summed E-state index contributed by atoms with van der Waals surface area (Å²) in [5.41, 5.74) is 5.61. The highest BCUT2D eigenvalue weighted by Crippen LogP contribution is 2.54. The fraction of sp³-hybridized carbons (Fsp3) is 0.376. The molecule has 0 radical (unpaired) electrons. The fourth-order valence-corrected chi connectivity index (χ4v) is 20.6. The smallest absolute Gasteiger partial charge is 0.259 e. The van der Waals surface area contributed by atoms with Crippen molar-refractivity contribution in [2.75, 3.05) is 65.5 Å². The van der Waals surface area contributed by atoms with Gasteiger partial charge in [-0.05, 0) is 195 Å². The maximum Gasteiger partial charge on any atom is 0.259 e. The van der Waals surface area contributed by atoms with Gasteiger partial charge in [-0.3, -0.25) is 14.2 Å². The fourth-order valence-electron chi connectivity index (χ4n) is 16.5. The molecule has 6 heterocycles. The molecule has 8 aromatic carbocycles. The normalized spacial score (nSPS) is 16.6. The van der Waals surface area contributed by atoms with Gasteiger partial charge in [0.1, 0.15) is 83.0 Å². The van der Waals surface area contributed by atoms with Gasteiger partial charge in [0.25, 0.3) is 20.3 Å².